The van der Waals surface area contributed by atoms with Gasteiger partial charge in [0.15, 0.2) is 0 Å². The minimum Gasteiger partial charge on any atom is -0.463 e. The van der Waals surface area contributed by atoms with Gasteiger partial charge < -0.3 is 4.74 Å². The minimum absolute atomic E-state index is 0.149. The second-order valence-corrected chi connectivity index (χ2v) is 5.37. The van der Waals surface area contributed by atoms with Crippen molar-refractivity contribution in [2.24, 2.45) is 0 Å². The number of halogens is 1. The summed E-state index contributed by atoms with van der Waals surface area (Å²) < 4.78 is 5.13. The Hall–Kier alpha value is -1.61. The first-order valence-electron chi connectivity index (χ1n) is 6.66. The normalized spacial score (nSPS) is 19.1. The standard InChI is InChI=1S/C16H17ClO3/c1-3-20-16(19)15-10(2)8-13(18)9-14(15)11-4-6-12(17)7-5-11/h4-7,14H,3,8-9H2,1-2H3. The van der Waals surface area contributed by atoms with Crippen LogP contribution in [0.25, 0.3) is 0 Å². The highest BCUT2D eigenvalue weighted by Gasteiger charge is 2.32. The third kappa shape index (κ3) is 3.10. The van der Waals surface area contributed by atoms with E-state index >= 15 is 0 Å². The number of allylic oxidation sites excluding steroid dienone is 1. The highest BCUT2D eigenvalue weighted by Crippen LogP contribution is 2.37. The Morgan fingerprint density at radius 1 is 1.35 bits per heavy atom. The average Bonchev–Trinajstić information content (AvgIpc) is 2.38. The topological polar surface area (TPSA) is 43.4 Å². The van der Waals surface area contributed by atoms with E-state index in [1.54, 1.807) is 19.1 Å². The van der Waals surface area contributed by atoms with E-state index in [1.807, 2.05) is 19.1 Å². The van der Waals surface area contributed by atoms with E-state index in [0.29, 0.717) is 30.0 Å². The number of carbonyl (C=O) groups is 2. The van der Waals surface area contributed by atoms with Gasteiger partial charge in [-0.2, -0.15) is 0 Å². The summed E-state index contributed by atoms with van der Waals surface area (Å²) in [6.07, 6.45) is 0.672. The molecule has 0 amide bonds. The Morgan fingerprint density at radius 3 is 2.60 bits per heavy atom. The van der Waals surface area contributed by atoms with Crippen molar-refractivity contribution in [2.45, 2.75) is 32.6 Å². The monoisotopic (exact) mass is 292 g/mol. The van der Waals surface area contributed by atoms with Gasteiger partial charge in [-0.25, -0.2) is 4.79 Å². The number of carbonyl (C=O) groups excluding carboxylic acids is 2. The Balaban J connectivity index is 2.41. The van der Waals surface area contributed by atoms with Crippen molar-refractivity contribution in [3.8, 4) is 0 Å². The largest absolute Gasteiger partial charge is 0.463 e. The molecule has 0 radical (unpaired) electrons. The summed E-state index contributed by atoms with van der Waals surface area (Å²) in [5.41, 5.74) is 2.35. The van der Waals surface area contributed by atoms with E-state index in [-0.39, 0.29) is 17.7 Å². The number of hydrogen-bond donors (Lipinski definition) is 0. The van der Waals surface area contributed by atoms with Gasteiger partial charge in [-0.1, -0.05) is 29.3 Å². The van der Waals surface area contributed by atoms with Gasteiger partial charge >= 0.3 is 5.97 Å². The van der Waals surface area contributed by atoms with Gasteiger partial charge in [-0.05, 0) is 31.5 Å². The van der Waals surface area contributed by atoms with E-state index in [9.17, 15) is 9.59 Å². The summed E-state index contributed by atoms with van der Waals surface area (Å²) in [5.74, 6) is -0.402. The second kappa shape index (κ2) is 6.23. The van der Waals surface area contributed by atoms with Crippen LogP contribution in [-0.4, -0.2) is 18.4 Å². The molecule has 0 aliphatic heterocycles. The predicted molar refractivity (Wildman–Crippen MR) is 77.8 cm³/mol. The van der Waals surface area contributed by atoms with Gasteiger partial charge in [0, 0.05) is 29.4 Å². The molecule has 1 aromatic rings. The molecule has 2 rings (SSSR count). The maximum absolute atomic E-state index is 12.1. The molecule has 0 aromatic heterocycles. The first-order chi connectivity index (χ1) is 9.52. The number of benzene rings is 1. The zero-order valence-corrected chi connectivity index (χ0v) is 12.4. The number of ketones is 1. The van der Waals surface area contributed by atoms with E-state index in [2.05, 4.69) is 0 Å². The summed E-state index contributed by atoms with van der Waals surface area (Å²) >= 11 is 5.89. The molecule has 0 fully saturated rings. The Labute approximate surface area is 123 Å². The third-order valence-electron chi connectivity index (χ3n) is 3.47. The summed E-state index contributed by atoms with van der Waals surface area (Å²) in [6.45, 7) is 3.93. The summed E-state index contributed by atoms with van der Waals surface area (Å²) in [5, 5.41) is 0.634. The van der Waals surface area contributed by atoms with Crippen LogP contribution in [0.2, 0.25) is 5.02 Å². The average molecular weight is 293 g/mol. The van der Waals surface area contributed by atoms with Crippen molar-refractivity contribution in [2.75, 3.05) is 6.61 Å². The maximum atomic E-state index is 12.1. The molecule has 3 nitrogen and oxygen atoms in total. The number of esters is 1. The van der Waals surface area contributed by atoms with Crippen LogP contribution in [-0.2, 0) is 14.3 Å². The van der Waals surface area contributed by atoms with E-state index in [0.717, 1.165) is 11.1 Å². The van der Waals surface area contributed by atoms with Crippen LogP contribution in [0, 0.1) is 0 Å². The molecular weight excluding hydrogens is 276 g/mol. The molecule has 0 spiro atoms. The van der Waals surface area contributed by atoms with Crippen LogP contribution >= 0.6 is 11.6 Å². The zero-order valence-electron chi connectivity index (χ0n) is 11.6. The number of ether oxygens (including phenoxy) is 1. The van der Waals surface area contributed by atoms with Crippen LogP contribution < -0.4 is 0 Å². The van der Waals surface area contributed by atoms with Crippen LogP contribution in [0.3, 0.4) is 0 Å². The van der Waals surface area contributed by atoms with Crippen molar-refractivity contribution in [1.29, 1.82) is 0 Å². The molecule has 0 saturated heterocycles. The fourth-order valence-corrected chi connectivity index (χ4v) is 2.72. The third-order valence-corrected chi connectivity index (χ3v) is 3.72. The highest BCUT2D eigenvalue weighted by molar-refractivity contribution is 6.30. The van der Waals surface area contributed by atoms with Crippen LogP contribution in [0.4, 0.5) is 0 Å². The number of Topliss-reactive ketones (excluding diaryl/α,β-unsaturated/α-hetero) is 1. The lowest BCUT2D eigenvalue weighted by Gasteiger charge is -2.25. The number of rotatable bonds is 3. The summed E-state index contributed by atoms with van der Waals surface area (Å²) in [6, 6.07) is 7.26. The molecule has 0 bridgehead atoms. The van der Waals surface area contributed by atoms with Crippen LogP contribution in [0.15, 0.2) is 35.4 Å². The molecule has 1 aliphatic rings. The summed E-state index contributed by atoms with van der Waals surface area (Å²) in [7, 11) is 0. The van der Waals surface area contributed by atoms with Gasteiger partial charge in [-0.3, -0.25) is 4.79 Å². The first-order valence-corrected chi connectivity index (χ1v) is 7.04. The van der Waals surface area contributed by atoms with Crippen LogP contribution in [0.1, 0.15) is 38.2 Å². The van der Waals surface area contributed by atoms with Gasteiger partial charge in [0.2, 0.25) is 0 Å². The SMILES string of the molecule is CCOC(=O)C1=C(C)CC(=O)CC1c1ccc(Cl)cc1. The molecule has 106 valence electrons. The maximum Gasteiger partial charge on any atom is 0.334 e. The van der Waals surface area contributed by atoms with E-state index in [4.69, 9.17) is 16.3 Å². The van der Waals surface area contributed by atoms with Crippen LogP contribution in [0.5, 0.6) is 0 Å². The van der Waals surface area contributed by atoms with Crippen molar-refractivity contribution in [3.63, 3.8) is 0 Å². The fraction of sp³-hybridized carbons (Fsp3) is 0.375. The second-order valence-electron chi connectivity index (χ2n) is 4.94. The van der Waals surface area contributed by atoms with Gasteiger partial charge in [0.25, 0.3) is 0 Å². The Morgan fingerprint density at radius 2 is 2.00 bits per heavy atom. The minimum atomic E-state index is -0.322. The fourth-order valence-electron chi connectivity index (χ4n) is 2.60. The van der Waals surface area contributed by atoms with Crippen molar-refractivity contribution in [3.05, 3.63) is 46.0 Å². The van der Waals surface area contributed by atoms with Gasteiger partial charge in [0.05, 0.1) is 6.61 Å². The number of hydrogen-bond acceptors (Lipinski definition) is 3. The molecule has 4 heteroatoms. The molecule has 1 atom stereocenters. The van der Waals surface area contributed by atoms with E-state index in [1.165, 1.54) is 0 Å². The Kier molecular flexibility index (Phi) is 4.61. The van der Waals surface area contributed by atoms with Gasteiger partial charge in [-0.15, -0.1) is 0 Å². The molecule has 1 aliphatic carbocycles. The first kappa shape index (κ1) is 14.8. The van der Waals surface area contributed by atoms with Crippen molar-refractivity contribution < 1.29 is 14.3 Å². The molecule has 0 N–H and O–H groups in total. The Bertz CT molecular complexity index is 558. The lowest BCUT2D eigenvalue weighted by atomic mass is 9.78. The molecular formula is C16H17ClO3. The molecule has 0 saturated carbocycles. The van der Waals surface area contributed by atoms with E-state index < -0.39 is 0 Å². The molecule has 20 heavy (non-hydrogen) atoms. The lowest BCUT2D eigenvalue weighted by Crippen LogP contribution is -2.24. The lowest BCUT2D eigenvalue weighted by molar-refractivity contribution is -0.139. The smallest absolute Gasteiger partial charge is 0.334 e. The highest BCUT2D eigenvalue weighted by atomic mass is 35.5. The van der Waals surface area contributed by atoms with Gasteiger partial charge in [0.1, 0.15) is 5.78 Å². The van der Waals surface area contributed by atoms with Crippen molar-refractivity contribution in [1.82, 2.24) is 0 Å². The van der Waals surface area contributed by atoms with Crippen molar-refractivity contribution >= 4 is 23.4 Å². The summed E-state index contributed by atoms with van der Waals surface area (Å²) in [4.78, 5) is 24.0. The molecule has 0 heterocycles. The predicted octanol–water partition coefficient (Wildman–Crippen LogP) is 3.67. The zero-order chi connectivity index (χ0) is 14.7. The molecule has 1 aromatic carbocycles. The quantitative estimate of drug-likeness (QED) is 0.799. The molecule has 1 unspecified atom stereocenters.